The molecule has 0 saturated carbocycles. The van der Waals surface area contributed by atoms with E-state index in [0.29, 0.717) is 19.0 Å². The molecule has 0 aliphatic rings. The fraction of sp³-hybridized carbons (Fsp3) is 0.600. The van der Waals surface area contributed by atoms with E-state index in [2.05, 4.69) is 13.8 Å². The average molecular weight is 252 g/mol. The molecular weight excluding hydrogens is 228 g/mol. The first-order valence-corrected chi connectivity index (χ1v) is 6.73. The molecule has 0 fully saturated rings. The molecule has 0 aliphatic heterocycles. The first-order chi connectivity index (χ1) is 8.67. The van der Waals surface area contributed by atoms with Crippen molar-refractivity contribution in [1.82, 2.24) is 0 Å². The molecule has 18 heavy (non-hydrogen) atoms. The fourth-order valence-corrected chi connectivity index (χ4v) is 1.73. The van der Waals surface area contributed by atoms with Crippen LogP contribution in [0.15, 0.2) is 18.2 Å². The van der Waals surface area contributed by atoms with Crippen LogP contribution in [-0.4, -0.2) is 17.8 Å². The summed E-state index contributed by atoms with van der Waals surface area (Å²) in [6.07, 6.45) is 3.75. The minimum absolute atomic E-state index is 0.180. The summed E-state index contributed by atoms with van der Waals surface area (Å²) in [4.78, 5) is 0. The van der Waals surface area contributed by atoms with Gasteiger partial charge in [0.15, 0.2) is 11.5 Å². The van der Waals surface area contributed by atoms with Crippen LogP contribution in [-0.2, 0) is 11.3 Å². The summed E-state index contributed by atoms with van der Waals surface area (Å²) in [5.74, 6) is 0.708. The zero-order chi connectivity index (χ0) is 13.4. The van der Waals surface area contributed by atoms with Crippen molar-refractivity contribution in [3.63, 3.8) is 0 Å². The van der Waals surface area contributed by atoms with Gasteiger partial charge in [0.1, 0.15) is 0 Å². The van der Waals surface area contributed by atoms with Crippen LogP contribution in [0.4, 0.5) is 0 Å². The molecule has 1 unspecified atom stereocenters. The third-order valence-corrected chi connectivity index (χ3v) is 2.82. The van der Waals surface area contributed by atoms with E-state index in [4.69, 9.17) is 9.47 Å². The summed E-state index contributed by atoms with van der Waals surface area (Å²) in [6.45, 7) is 7.28. The summed E-state index contributed by atoms with van der Waals surface area (Å²) in [7, 11) is 0. The third-order valence-electron chi connectivity index (χ3n) is 2.82. The summed E-state index contributed by atoms with van der Waals surface area (Å²) in [6, 6.07) is 5.36. The number of rotatable bonds is 8. The van der Waals surface area contributed by atoms with E-state index < -0.39 is 0 Å². The minimum Gasteiger partial charge on any atom is -0.504 e. The molecule has 0 aliphatic carbocycles. The van der Waals surface area contributed by atoms with Crippen LogP contribution in [0, 0.1) is 0 Å². The number of hydrogen-bond donors (Lipinski definition) is 1. The van der Waals surface area contributed by atoms with Crippen molar-refractivity contribution < 1.29 is 14.6 Å². The van der Waals surface area contributed by atoms with Crippen LogP contribution in [0.5, 0.6) is 11.5 Å². The maximum Gasteiger partial charge on any atom is 0.161 e. The maximum atomic E-state index is 9.59. The Morgan fingerprint density at radius 3 is 2.72 bits per heavy atom. The van der Waals surface area contributed by atoms with Gasteiger partial charge in [-0.15, -0.1) is 0 Å². The van der Waals surface area contributed by atoms with Crippen molar-refractivity contribution in [1.29, 1.82) is 0 Å². The lowest BCUT2D eigenvalue weighted by molar-refractivity contribution is 0.0461. The predicted octanol–water partition coefficient (Wildman–Crippen LogP) is 3.89. The second kappa shape index (κ2) is 7.98. The molecule has 3 nitrogen and oxygen atoms in total. The summed E-state index contributed by atoms with van der Waals surface area (Å²) in [5.41, 5.74) is 1.03. The molecule has 1 aromatic carbocycles. The van der Waals surface area contributed by atoms with Crippen LogP contribution in [0.2, 0.25) is 0 Å². The first-order valence-electron chi connectivity index (χ1n) is 6.73. The van der Waals surface area contributed by atoms with E-state index in [1.165, 1.54) is 12.8 Å². The van der Waals surface area contributed by atoms with Gasteiger partial charge in [-0.25, -0.2) is 0 Å². The highest BCUT2D eigenvalue weighted by atomic mass is 16.5. The Bertz CT molecular complexity index is 350. The number of phenols is 1. The molecule has 1 rings (SSSR count). The molecule has 0 aromatic heterocycles. The summed E-state index contributed by atoms with van der Waals surface area (Å²) in [5, 5.41) is 9.59. The van der Waals surface area contributed by atoms with Crippen LogP contribution < -0.4 is 4.74 Å². The van der Waals surface area contributed by atoms with Crippen molar-refractivity contribution in [2.24, 2.45) is 0 Å². The van der Waals surface area contributed by atoms with E-state index in [0.717, 1.165) is 12.0 Å². The van der Waals surface area contributed by atoms with Gasteiger partial charge in [0.25, 0.3) is 0 Å². The molecule has 1 N–H and O–H groups in total. The second-order valence-electron chi connectivity index (χ2n) is 4.50. The maximum absolute atomic E-state index is 9.59. The lowest BCUT2D eigenvalue weighted by Crippen LogP contribution is -2.07. The van der Waals surface area contributed by atoms with Crippen molar-refractivity contribution in [2.75, 3.05) is 6.61 Å². The molecular formula is C15H24O3. The Hall–Kier alpha value is -1.22. The van der Waals surface area contributed by atoms with E-state index >= 15 is 0 Å². The van der Waals surface area contributed by atoms with E-state index in [-0.39, 0.29) is 11.9 Å². The fourth-order valence-electron chi connectivity index (χ4n) is 1.73. The molecule has 0 spiro atoms. The van der Waals surface area contributed by atoms with Crippen molar-refractivity contribution in [2.45, 2.75) is 52.7 Å². The zero-order valence-electron chi connectivity index (χ0n) is 11.6. The minimum atomic E-state index is 0.180. The quantitative estimate of drug-likeness (QED) is 0.763. The number of unbranched alkanes of at least 4 members (excludes halogenated alkanes) is 1. The van der Waals surface area contributed by atoms with E-state index in [1.807, 2.05) is 19.1 Å². The van der Waals surface area contributed by atoms with Crippen LogP contribution >= 0.6 is 0 Å². The first kappa shape index (κ1) is 14.8. The van der Waals surface area contributed by atoms with E-state index in [9.17, 15) is 5.11 Å². The van der Waals surface area contributed by atoms with E-state index in [1.54, 1.807) is 6.07 Å². The molecule has 3 heteroatoms. The standard InChI is InChI=1S/C15H24O3/c1-4-6-7-12(3)18-11-13-8-9-14(16)15(10-13)17-5-2/h8-10,12,16H,4-7,11H2,1-3H3. The lowest BCUT2D eigenvalue weighted by Gasteiger charge is -2.13. The number of aromatic hydroxyl groups is 1. The van der Waals surface area contributed by atoms with Gasteiger partial charge in [-0.05, 0) is 38.0 Å². The van der Waals surface area contributed by atoms with Crippen LogP contribution in [0.25, 0.3) is 0 Å². The Morgan fingerprint density at radius 2 is 2.06 bits per heavy atom. The lowest BCUT2D eigenvalue weighted by atomic mass is 10.2. The number of benzene rings is 1. The van der Waals surface area contributed by atoms with Gasteiger partial charge in [-0.1, -0.05) is 25.8 Å². The number of ether oxygens (including phenoxy) is 2. The second-order valence-corrected chi connectivity index (χ2v) is 4.50. The van der Waals surface area contributed by atoms with Gasteiger partial charge >= 0.3 is 0 Å². The van der Waals surface area contributed by atoms with Gasteiger partial charge in [-0.3, -0.25) is 0 Å². The van der Waals surface area contributed by atoms with Crippen molar-refractivity contribution >= 4 is 0 Å². The molecule has 0 amide bonds. The van der Waals surface area contributed by atoms with Gasteiger partial charge in [-0.2, -0.15) is 0 Å². The Morgan fingerprint density at radius 1 is 1.28 bits per heavy atom. The Labute approximate surface area is 110 Å². The average Bonchev–Trinajstić information content (AvgIpc) is 2.37. The molecule has 0 saturated heterocycles. The number of hydrogen-bond acceptors (Lipinski definition) is 3. The molecule has 1 aromatic rings. The van der Waals surface area contributed by atoms with Gasteiger partial charge in [0.2, 0.25) is 0 Å². The zero-order valence-corrected chi connectivity index (χ0v) is 11.6. The van der Waals surface area contributed by atoms with Crippen LogP contribution in [0.1, 0.15) is 45.6 Å². The summed E-state index contributed by atoms with van der Waals surface area (Å²) < 4.78 is 11.1. The molecule has 0 radical (unpaired) electrons. The number of phenolic OH excluding ortho intramolecular Hbond substituents is 1. The SMILES string of the molecule is CCCCC(C)OCc1ccc(O)c(OCC)c1. The van der Waals surface area contributed by atoms with Crippen molar-refractivity contribution in [3.05, 3.63) is 23.8 Å². The highest BCUT2D eigenvalue weighted by Gasteiger charge is 2.06. The largest absolute Gasteiger partial charge is 0.504 e. The van der Waals surface area contributed by atoms with Crippen LogP contribution in [0.3, 0.4) is 0 Å². The predicted molar refractivity (Wildman–Crippen MR) is 73.1 cm³/mol. The monoisotopic (exact) mass is 252 g/mol. The summed E-state index contributed by atoms with van der Waals surface area (Å²) >= 11 is 0. The molecule has 0 bridgehead atoms. The highest BCUT2D eigenvalue weighted by Crippen LogP contribution is 2.27. The van der Waals surface area contributed by atoms with Crippen molar-refractivity contribution in [3.8, 4) is 11.5 Å². The molecule has 102 valence electrons. The Balaban J connectivity index is 2.49. The Kier molecular flexibility index (Phi) is 6.58. The third kappa shape index (κ3) is 4.96. The molecule has 0 heterocycles. The van der Waals surface area contributed by atoms with Gasteiger partial charge in [0, 0.05) is 0 Å². The van der Waals surface area contributed by atoms with Gasteiger partial charge < -0.3 is 14.6 Å². The normalized spacial score (nSPS) is 12.4. The topological polar surface area (TPSA) is 38.7 Å². The van der Waals surface area contributed by atoms with Gasteiger partial charge in [0.05, 0.1) is 19.3 Å². The smallest absolute Gasteiger partial charge is 0.161 e. The highest BCUT2D eigenvalue weighted by molar-refractivity contribution is 5.41. The molecule has 1 atom stereocenters.